The van der Waals surface area contributed by atoms with E-state index in [4.69, 9.17) is 0 Å². The van der Waals surface area contributed by atoms with E-state index in [1.807, 2.05) is 24.3 Å². The summed E-state index contributed by atoms with van der Waals surface area (Å²) in [5.41, 5.74) is 2.67. The van der Waals surface area contributed by atoms with Gasteiger partial charge in [0.15, 0.2) is 0 Å². The van der Waals surface area contributed by atoms with Crippen LogP contribution in [-0.4, -0.2) is 19.0 Å². The minimum Gasteiger partial charge on any atom is -0.370 e. The van der Waals surface area contributed by atoms with Gasteiger partial charge in [0.1, 0.15) is 5.82 Å². The van der Waals surface area contributed by atoms with Crippen molar-refractivity contribution in [2.75, 3.05) is 23.3 Å². The molecule has 1 aliphatic rings. The predicted molar refractivity (Wildman–Crippen MR) is 92.0 cm³/mol. The fourth-order valence-corrected chi connectivity index (χ4v) is 2.73. The summed E-state index contributed by atoms with van der Waals surface area (Å²) in [7, 11) is 0. The monoisotopic (exact) mass is 310 g/mol. The highest BCUT2D eigenvalue weighted by atomic mass is 19.1. The molecule has 0 spiro atoms. The van der Waals surface area contributed by atoms with Gasteiger partial charge in [0.2, 0.25) is 5.91 Å². The molecule has 0 bridgehead atoms. The molecule has 4 heteroatoms. The number of hydrogen-bond donors (Lipinski definition) is 1. The van der Waals surface area contributed by atoms with Gasteiger partial charge in [-0.2, -0.15) is 0 Å². The summed E-state index contributed by atoms with van der Waals surface area (Å²) in [4.78, 5) is 14.4. The lowest BCUT2D eigenvalue weighted by Gasteiger charge is -2.21. The van der Waals surface area contributed by atoms with E-state index in [9.17, 15) is 9.18 Å². The molecule has 0 atom stereocenters. The molecule has 3 rings (SSSR count). The zero-order valence-electron chi connectivity index (χ0n) is 12.8. The number of amides is 1. The summed E-state index contributed by atoms with van der Waals surface area (Å²) in [5, 5.41) is 2.93. The molecule has 3 nitrogen and oxygen atoms in total. The second-order valence-electron chi connectivity index (χ2n) is 5.59. The van der Waals surface area contributed by atoms with Crippen LogP contribution in [0, 0.1) is 5.82 Å². The number of para-hydroxylation sites is 2. The molecule has 1 N–H and O–H groups in total. The molecule has 118 valence electrons. The SMILES string of the molecule is O=C(/C=C/c1ccc(F)cc1)Nc1ccccc1N1CCCC1. The van der Waals surface area contributed by atoms with E-state index in [1.54, 1.807) is 18.2 Å². The number of nitrogens with zero attached hydrogens (tertiary/aromatic N) is 1. The molecule has 1 aliphatic heterocycles. The van der Waals surface area contributed by atoms with Crippen LogP contribution in [0.4, 0.5) is 15.8 Å². The first-order valence-electron chi connectivity index (χ1n) is 7.81. The lowest BCUT2D eigenvalue weighted by atomic mass is 10.2. The van der Waals surface area contributed by atoms with Gasteiger partial charge in [0.25, 0.3) is 0 Å². The predicted octanol–water partition coefficient (Wildman–Crippen LogP) is 4.08. The van der Waals surface area contributed by atoms with Crippen LogP contribution in [0.15, 0.2) is 54.6 Å². The maximum atomic E-state index is 12.9. The number of hydrogen-bond acceptors (Lipinski definition) is 2. The van der Waals surface area contributed by atoms with Crippen LogP contribution in [0.5, 0.6) is 0 Å². The molecule has 2 aromatic rings. The first kappa shape index (κ1) is 15.3. The quantitative estimate of drug-likeness (QED) is 0.863. The molecule has 0 unspecified atom stereocenters. The Kier molecular flexibility index (Phi) is 4.71. The van der Waals surface area contributed by atoms with Gasteiger partial charge in [0.05, 0.1) is 11.4 Å². The van der Waals surface area contributed by atoms with Gasteiger partial charge < -0.3 is 10.2 Å². The Morgan fingerprint density at radius 1 is 1.04 bits per heavy atom. The first-order chi connectivity index (χ1) is 11.2. The van der Waals surface area contributed by atoms with Crippen LogP contribution in [0.3, 0.4) is 0 Å². The number of carbonyl (C=O) groups excluding carboxylic acids is 1. The maximum absolute atomic E-state index is 12.9. The van der Waals surface area contributed by atoms with E-state index in [0.29, 0.717) is 0 Å². The molecule has 0 radical (unpaired) electrons. The molecule has 1 saturated heterocycles. The minimum absolute atomic E-state index is 0.194. The molecule has 0 aromatic heterocycles. The third-order valence-electron chi connectivity index (χ3n) is 3.91. The maximum Gasteiger partial charge on any atom is 0.248 e. The summed E-state index contributed by atoms with van der Waals surface area (Å²) >= 11 is 0. The topological polar surface area (TPSA) is 32.3 Å². The van der Waals surface area contributed by atoms with Crippen molar-refractivity contribution in [1.82, 2.24) is 0 Å². The van der Waals surface area contributed by atoms with Crippen LogP contribution >= 0.6 is 0 Å². The lowest BCUT2D eigenvalue weighted by molar-refractivity contribution is -0.111. The number of benzene rings is 2. The van der Waals surface area contributed by atoms with Crippen molar-refractivity contribution in [3.8, 4) is 0 Å². The van der Waals surface area contributed by atoms with Gasteiger partial charge in [-0.15, -0.1) is 0 Å². The van der Waals surface area contributed by atoms with Crippen molar-refractivity contribution < 1.29 is 9.18 Å². The van der Waals surface area contributed by atoms with E-state index < -0.39 is 0 Å². The third kappa shape index (κ3) is 3.97. The summed E-state index contributed by atoms with van der Waals surface area (Å²) in [5.74, 6) is -0.480. The van der Waals surface area contributed by atoms with Gasteiger partial charge in [0, 0.05) is 19.2 Å². The van der Waals surface area contributed by atoms with E-state index in [0.717, 1.165) is 30.0 Å². The highest BCUT2D eigenvalue weighted by Gasteiger charge is 2.15. The van der Waals surface area contributed by atoms with Crippen molar-refractivity contribution in [1.29, 1.82) is 0 Å². The molecule has 1 fully saturated rings. The Morgan fingerprint density at radius 3 is 2.48 bits per heavy atom. The van der Waals surface area contributed by atoms with E-state index in [-0.39, 0.29) is 11.7 Å². The number of nitrogens with one attached hydrogen (secondary N) is 1. The van der Waals surface area contributed by atoms with Crippen LogP contribution in [0.1, 0.15) is 18.4 Å². The summed E-state index contributed by atoms with van der Waals surface area (Å²) in [6.07, 6.45) is 5.51. The van der Waals surface area contributed by atoms with Crippen molar-refractivity contribution in [3.05, 3.63) is 66.0 Å². The van der Waals surface area contributed by atoms with Crippen molar-refractivity contribution in [3.63, 3.8) is 0 Å². The average Bonchev–Trinajstić information content (AvgIpc) is 3.09. The summed E-state index contributed by atoms with van der Waals surface area (Å²) in [6.45, 7) is 2.05. The van der Waals surface area contributed by atoms with Gasteiger partial charge in [-0.1, -0.05) is 24.3 Å². The summed E-state index contributed by atoms with van der Waals surface area (Å²) in [6, 6.07) is 13.9. The van der Waals surface area contributed by atoms with Crippen LogP contribution in [-0.2, 0) is 4.79 Å². The van der Waals surface area contributed by atoms with E-state index >= 15 is 0 Å². The Bertz CT molecular complexity index is 704. The number of carbonyl (C=O) groups is 1. The second-order valence-corrected chi connectivity index (χ2v) is 5.59. The molecule has 23 heavy (non-hydrogen) atoms. The second kappa shape index (κ2) is 7.09. The normalized spacial score (nSPS) is 14.4. The Balaban J connectivity index is 1.69. The molecule has 0 saturated carbocycles. The number of anilines is 2. The third-order valence-corrected chi connectivity index (χ3v) is 3.91. The van der Waals surface area contributed by atoms with E-state index in [1.165, 1.54) is 31.1 Å². The standard InChI is InChI=1S/C19H19FN2O/c20-16-10-7-15(8-11-16)9-12-19(23)21-17-5-1-2-6-18(17)22-13-3-4-14-22/h1-2,5-12H,3-4,13-14H2,(H,21,23)/b12-9+. The highest BCUT2D eigenvalue weighted by molar-refractivity contribution is 6.03. The lowest BCUT2D eigenvalue weighted by Crippen LogP contribution is -2.20. The average molecular weight is 310 g/mol. The zero-order valence-corrected chi connectivity index (χ0v) is 12.8. The molecular weight excluding hydrogens is 291 g/mol. The van der Waals surface area contributed by atoms with Crippen LogP contribution in [0.25, 0.3) is 6.08 Å². The Labute approximate surface area is 135 Å². The van der Waals surface area contributed by atoms with E-state index in [2.05, 4.69) is 10.2 Å². The van der Waals surface area contributed by atoms with Crippen molar-refractivity contribution >= 4 is 23.4 Å². The molecule has 2 aromatic carbocycles. The molecule has 1 heterocycles. The summed E-state index contributed by atoms with van der Waals surface area (Å²) < 4.78 is 12.9. The van der Waals surface area contributed by atoms with Gasteiger partial charge in [-0.05, 0) is 48.7 Å². The first-order valence-corrected chi connectivity index (χ1v) is 7.81. The van der Waals surface area contributed by atoms with Crippen molar-refractivity contribution in [2.45, 2.75) is 12.8 Å². The van der Waals surface area contributed by atoms with Crippen LogP contribution in [0.2, 0.25) is 0 Å². The van der Waals surface area contributed by atoms with Crippen molar-refractivity contribution in [2.24, 2.45) is 0 Å². The number of rotatable bonds is 4. The van der Waals surface area contributed by atoms with Gasteiger partial charge >= 0.3 is 0 Å². The Hall–Kier alpha value is -2.62. The number of halogens is 1. The molecule has 0 aliphatic carbocycles. The highest BCUT2D eigenvalue weighted by Crippen LogP contribution is 2.28. The van der Waals surface area contributed by atoms with Gasteiger partial charge in [-0.25, -0.2) is 4.39 Å². The van der Waals surface area contributed by atoms with Crippen LogP contribution < -0.4 is 10.2 Å². The molecule has 1 amide bonds. The fourth-order valence-electron chi connectivity index (χ4n) is 2.73. The minimum atomic E-state index is -0.286. The fraction of sp³-hybridized carbons (Fsp3) is 0.211. The molecular formula is C19H19FN2O. The Morgan fingerprint density at radius 2 is 1.74 bits per heavy atom. The van der Waals surface area contributed by atoms with Gasteiger partial charge in [-0.3, -0.25) is 4.79 Å². The zero-order chi connectivity index (χ0) is 16.1. The largest absolute Gasteiger partial charge is 0.370 e. The smallest absolute Gasteiger partial charge is 0.248 e.